The average molecular weight is 817 g/mol. The van der Waals surface area contributed by atoms with Crippen LogP contribution in [-0.2, 0) is 10.8 Å². The van der Waals surface area contributed by atoms with Crippen molar-refractivity contribution in [2.24, 2.45) is 0 Å². The first-order valence-electron chi connectivity index (χ1n) is 21.8. The lowest BCUT2D eigenvalue weighted by Gasteiger charge is -2.42. The van der Waals surface area contributed by atoms with E-state index in [1.165, 1.54) is 75.3 Å². The minimum atomic E-state index is -0.188. The maximum absolute atomic E-state index is 7.12. The molecule has 0 atom stereocenters. The molecule has 296 valence electrons. The number of fused-ring (bicyclic) bond motifs is 18. The van der Waals surface area contributed by atoms with Crippen molar-refractivity contribution < 1.29 is 8.83 Å². The number of rotatable bonds is 1. The van der Waals surface area contributed by atoms with Crippen LogP contribution in [0.25, 0.3) is 103 Å². The summed E-state index contributed by atoms with van der Waals surface area (Å²) in [4.78, 5) is 2.61. The van der Waals surface area contributed by atoms with Crippen LogP contribution in [0.15, 0.2) is 148 Å². The van der Waals surface area contributed by atoms with Crippen LogP contribution in [0.3, 0.4) is 0 Å². The van der Waals surface area contributed by atoms with E-state index in [0.717, 1.165) is 60.8 Å². The minimum Gasteiger partial charge on any atom is -0.455 e. The van der Waals surface area contributed by atoms with Gasteiger partial charge < -0.3 is 18.2 Å². The van der Waals surface area contributed by atoms with Crippen LogP contribution in [-0.4, -0.2) is 11.4 Å². The van der Waals surface area contributed by atoms with Gasteiger partial charge in [0, 0.05) is 75.0 Å². The van der Waals surface area contributed by atoms with Crippen molar-refractivity contribution in [1.82, 2.24) is 4.57 Å². The number of aromatic nitrogens is 1. The monoisotopic (exact) mass is 816 g/mol. The fourth-order valence-corrected chi connectivity index (χ4v) is 12.3. The van der Waals surface area contributed by atoms with Gasteiger partial charge in [-0.15, -0.1) is 11.3 Å². The topological polar surface area (TPSA) is 34.5 Å². The summed E-state index contributed by atoms with van der Waals surface area (Å²) >= 11 is 1.91. The number of hydrogen-bond donors (Lipinski definition) is 0. The second-order valence-electron chi connectivity index (χ2n) is 19.6. The first-order valence-corrected chi connectivity index (χ1v) is 22.6. The summed E-state index contributed by atoms with van der Waals surface area (Å²) in [5.41, 5.74) is 17.1. The number of nitrogens with zero attached hydrogens (tertiary/aromatic N) is 2. The number of para-hydroxylation sites is 3. The largest absolute Gasteiger partial charge is 0.455 e. The smallest absolute Gasteiger partial charge is 0.333 e. The van der Waals surface area contributed by atoms with Gasteiger partial charge in [0.05, 0.1) is 16.7 Å². The van der Waals surface area contributed by atoms with E-state index >= 15 is 0 Å². The first-order chi connectivity index (χ1) is 30.0. The molecule has 2 aliphatic heterocycles. The molecular weight excluding hydrogens is 776 g/mol. The molecular formula is C56H41BN2O2S. The Morgan fingerprint density at radius 2 is 1.15 bits per heavy atom. The van der Waals surface area contributed by atoms with Gasteiger partial charge in [-0.2, -0.15) is 0 Å². The van der Waals surface area contributed by atoms with E-state index in [9.17, 15) is 0 Å². The van der Waals surface area contributed by atoms with E-state index in [2.05, 4.69) is 190 Å². The number of furan rings is 2. The Hall–Kier alpha value is -6.76. The molecule has 0 aliphatic carbocycles. The predicted octanol–water partition coefficient (Wildman–Crippen LogP) is 14.8. The Labute approximate surface area is 362 Å². The zero-order valence-corrected chi connectivity index (χ0v) is 36.3. The van der Waals surface area contributed by atoms with Crippen LogP contribution in [0, 0.1) is 0 Å². The van der Waals surface area contributed by atoms with Crippen molar-refractivity contribution in [2.75, 3.05) is 4.81 Å². The Morgan fingerprint density at radius 3 is 1.90 bits per heavy atom. The van der Waals surface area contributed by atoms with Crippen molar-refractivity contribution in [1.29, 1.82) is 0 Å². The SMILES string of the molecule is CC(C)(C)c1ccc2c(c1)c1cc(C(C)(C)C)cc3c1n2-c1cc2c(sc4ccccc42)c2c1B3N(c1cccc3c1oc1ccccc13)c1ccc3c(oc4ccccc43)c1-2. The Morgan fingerprint density at radius 1 is 0.484 bits per heavy atom. The van der Waals surface area contributed by atoms with Crippen molar-refractivity contribution in [3.05, 3.63) is 151 Å². The van der Waals surface area contributed by atoms with Crippen molar-refractivity contribution >= 4 is 126 Å². The quantitative estimate of drug-likeness (QED) is 0.155. The highest BCUT2D eigenvalue weighted by Crippen LogP contribution is 2.54. The zero-order valence-electron chi connectivity index (χ0n) is 35.5. The van der Waals surface area contributed by atoms with Crippen LogP contribution >= 0.6 is 11.3 Å². The summed E-state index contributed by atoms with van der Waals surface area (Å²) in [6, 6.07) is 52.0. The summed E-state index contributed by atoms with van der Waals surface area (Å²) in [6.45, 7) is 13.8. The van der Waals surface area contributed by atoms with E-state index in [-0.39, 0.29) is 17.7 Å². The maximum Gasteiger partial charge on any atom is 0.333 e. The molecule has 0 unspecified atom stereocenters. The van der Waals surface area contributed by atoms with Gasteiger partial charge in [-0.25, -0.2) is 0 Å². The molecule has 0 fully saturated rings. The van der Waals surface area contributed by atoms with E-state index in [1.54, 1.807) is 0 Å². The van der Waals surface area contributed by atoms with Crippen LogP contribution in [0.4, 0.5) is 11.4 Å². The molecule has 4 aromatic heterocycles. The van der Waals surface area contributed by atoms with E-state index in [4.69, 9.17) is 8.83 Å². The fraction of sp³-hybridized carbons (Fsp3) is 0.143. The van der Waals surface area contributed by atoms with E-state index in [1.807, 2.05) is 11.3 Å². The lowest BCUT2D eigenvalue weighted by Crippen LogP contribution is -2.60. The molecule has 0 radical (unpaired) electrons. The van der Waals surface area contributed by atoms with Gasteiger partial charge in [0.1, 0.15) is 16.7 Å². The molecule has 0 N–H and O–H groups in total. The van der Waals surface area contributed by atoms with Crippen LogP contribution in [0.1, 0.15) is 52.7 Å². The van der Waals surface area contributed by atoms with Crippen LogP contribution in [0.5, 0.6) is 0 Å². The molecule has 14 rings (SSSR count). The molecule has 12 aromatic rings. The number of thiophene rings is 1. The highest BCUT2D eigenvalue weighted by atomic mass is 32.1. The van der Waals surface area contributed by atoms with Crippen molar-refractivity contribution in [3.8, 4) is 16.8 Å². The van der Waals surface area contributed by atoms with Gasteiger partial charge >= 0.3 is 6.85 Å². The normalized spacial score (nSPS) is 13.9. The Balaban J connectivity index is 1.24. The van der Waals surface area contributed by atoms with Gasteiger partial charge in [-0.1, -0.05) is 120 Å². The Kier molecular flexibility index (Phi) is 6.52. The molecule has 0 bridgehead atoms. The molecule has 4 nitrogen and oxygen atoms in total. The fourth-order valence-electron chi connectivity index (χ4n) is 11.1. The Bertz CT molecular complexity index is 3980. The average Bonchev–Trinajstić information content (AvgIpc) is 4.03. The lowest BCUT2D eigenvalue weighted by atomic mass is 9.43. The van der Waals surface area contributed by atoms with Gasteiger partial charge in [0.2, 0.25) is 0 Å². The van der Waals surface area contributed by atoms with E-state index < -0.39 is 0 Å². The number of hydrogen-bond acceptors (Lipinski definition) is 4. The zero-order chi connectivity index (χ0) is 41.6. The third-order valence-corrected chi connectivity index (χ3v) is 15.3. The lowest BCUT2D eigenvalue weighted by molar-refractivity contribution is 0.590. The molecule has 6 heterocycles. The number of benzene rings is 8. The molecule has 2 aliphatic rings. The summed E-state index contributed by atoms with van der Waals surface area (Å²) in [5.74, 6) is 0. The first kappa shape index (κ1) is 34.9. The third-order valence-electron chi connectivity index (χ3n) is 14.1. The molecule has 0 amide bonds. The molecule has 62 heavy (non-hydrogen) atoms. The molecule has 6 heteroatoms. The summed E-state index contributed by atoms with van der Waals surface area (Å²) < 4.78 is 19.3. The highest BCUT2D eigenvalue weighted by molar-refractivity contribution is 7.26. The summed E-state index contributed by atoms with van der Waals surface area (Å²) in [6.07, 6.45) is 0. The second-order valence-corrected chi connectivity index (χ2v) is 20.7. The van der Waals surface area contributed by atoms with E-state index in [0.29, 0.717) is 0 Å². The molecule has 0 saturated heterocycles. The van der Waals surface area contributed by atoms with Crippen molar-refractivity contribution in [3.63, 3.8) is 0 Å². The van der Waals surface area contributed by atoms with Crippen molar-refractivity contribution in [2.45, 2.75) is 52.4 Å². The van der Waals surface area contributed by atoms with Gasteiger partial charge in [-0.3, -0.25) is 0 Å². The minimum absolute atomic E-state index is 0.00674. The highest BCUT2D eigenvalue weighted by Gasteiger charge is 2.47. The molecule has 0 saturated carbocycles. The molecule has 0 spiro atoms. The standard InChI is InChI=1S/C56H41BN2O2S/c1-55(2,3)30-22-24-41-37(26-30)38-27-31(56(4,5)6)28-40-51(38)58(41)44-29-39-34-16-9-12-21-47(34)62-54(39)49-48-42(25-23-36-33-15-8-11-20-46(33)61-53(36)48)59(57(40)50(44)49)43-18-13-17-35-32-14-7-10-19-45(32)60-52(35)43/h7-29H,1-6H3. The van der Waals surface area contributed by atoms with Crippen LogP contribution in [0.2, 0.25) is 0 Å². The maximum atomic E-state index is 7.12. The molecule has 8 aromatic carbocycles. The second kappa shape index (κ2) is 11.6. The predicted molar refractivity (Wildman–Crippen MR) is 265 cm³/mol. The summed E-state index contributed by atoms with van der Waals surface area (Å²) in [7, 11) is 0. The van der Waals surface area contributed by atoms with Gasteiger partial charge in [-0.05, 0) is 93.5 Å². The summed E-state index contributed by atoms with van der Waals surface area (Å²) in [5, 5.41) is 9.65. The van der Waals surface area contributed by atoms with Gasteiger partial charge in [0.15, 0.2) is 5.58 Å². The number of anilines is 2. The third kappa shape index (κ3) is 4.38. The van der Waals surface area contributed by atoms with Crippen LogP contribution < -0.4 is 15.7 Å². The van der Waals surface area contributed by atoms with Gasteiger partial charge in [0.25, 0.3) is 0 Å².